The third-order valence-electron chi connectivity index (χ3n) is 3.95. The Morgan fingerprint density at radius 3 is 2.42 bits per heavy atom. The molecule has 2 aromatic rings. The molecule has 1 amide bonds. The molecule has 0 atom stereocenters. The van der Waals surface area contributed by atoms with Crippen molar-refractivity contribution in [1.29, 1.82) is 0 Å². The molecule has 0 radical (unpaired) electrons. The van der Waals surface area contributed by atoms with Gasteiger partial charge in [0.1, 0.15) is 5.82 Å². The van der Waals surface area contributed by atoms with Crippen molar-refractivity contribution in [2.75, 3.05) is 17.2 Å². The number of nitrogens with zero attached hydrogens (tertiary/aromatic N) is 1. The van der Waals surface area contributed by atoms with Crippen molar-refractivity contribution >= 4 is 17.4 Å². The van der Waals surface area contributed by atoms with Crippen LogP contribution in [-0.2, 0) is 0 Å². The summed E-state index contributed by atoms with van der Waals surface area (Å²) in [5.74, 6) is 1.15. The van der Waals surface area contributed by atoms with E-state index in [4.69, 9.17) is 0 Å². The summed E-state index contributed by atoms with van der Waals surface area (Å²) in [7, 11) is 0. The largest absolute Gasteiger partial charge is 0.370 e. The highest BCUT2D eigenvalue weighted by Gasteiger charge is 2.07. The fourth-order valence-corrected chi connectivity index (χ4v) is 2.38. The smallest absolute Gasteiger partial charge is 0.257 e. The molecule has 1 aromatic carbocycles. The highest BCUT2D eigenvalue weighted by Crippen LogP contribution is 2.17. The van der Waals surface area contributed by atoms with Gasteiger partial charge in [0.15, 0.2) is 0 Å². The monoisotopic (exact) mass is 325 g/mol. The summed E-state index contributed by atoms with van der Waals surface area (Å²) in [6, 6.07) is 11.6. The fourth-order valence-electron chi connectivity index (χ4n) is 2.38. The van der Waals surface area contributed by atoms with Gasteiger partial charge in [0.05, 0.1) is 5.56 Å². The Morgan fingerprint density at radius 1 is 1.08 bits per heavy atom. The topological polar surface area (TPSA) is 54.0 Å². The number of hydrogen-bond donors (Lipinski definition) is 2. The average molecular weight is 325 g/mol. The van der Waals surface area contributed by atoms with E-state index >= 15 is 0 Å². The second kappa shape index (κ2) is 9.06. The zero-order valence-corrected chi connectivity index (χ0v) is 14.8. The van der Waals surface area contributed by atoms with Gasteiger partial charge in [-0.05, 0) is 42.2 Å². The Hall–Kier alpha value is -2.36. The van der Waals surface area contributed by atoms with E-state index in [9.17, 15) is 4.79 Å². The lowest BCUT2D eigenvalue weighted by molar-refractivity contribution is 0.102. The zero-order chi connectivity index (χ0) is 17.4. The lowest BCUT2D eigenvalue weighted by Gasteiger charge is -2.09. The highest BCUT2D eigenvalue weighted by atomic mass is 16.1. The molecule has 0 fully saturated rings. The Balaban J connectivity index is 1.90. The number of hydrogen-bond acceptors (Lipinski definition) is 3. The number of unbranched alkanes of at least 4 members (excludes halogenated alkanes) is 2. The van der Waals surface area contributed by atoms with Gasteiger partial charge >= 0.3 is 0 Å². The van der Waals surface area contributed by atoms with Crippen molar-refractivity contribution < 1.29 is 4.79 Å². The minimum atomic E-state index is -0.141. The van der Waals surface area contributed by atoms with E-state index in [1.165, 1.54) is 18.4 Å². The van der Waals surface area contributed by atoms with Crippen LogP contribution in [0.4, 0.5) is 11.5 Å². The molecule has 0 aliphatic rings. The van der Waals surface area contributed by atoms with Crippen LogP contribution < -0.4 is 10.6 Å². The lowest BCUT2D eigenvalue weighted by Crippen LogP contribution is -2.12. The van der Waals surface area contributed by atoms with Crippen molar-refractivity contribution in [1.82, 2.24) is 4.98 Å². The third kappa shape index (κ3) is 5.37. The fraction of sp³-hybridized carbons (Fsp3) is 0.400. The van der Waals surface area contributed by atoms with E-state index in [0.717, 1.165) is 24.5 Å². The Bertz CT molecular complexity index is 633. The number of amides is 1. The van der Waals surface area contributed by atoms with E-state index < -0.39 is 0 Å². The average Bonchev–Trinajstić information content (AvgIpc) is 2.59. The standard InChI is InChI=1S/C20H27N3O/c1-4-5-6-13-21-19-12-9-17(14-22-19)20(24)23-18-10-7-16(8-11-18)15(2)3/h7-12,14-15H,4-6,13H2,1-3H3,(H,21,22)(H,23,24). The molecule has 2 N–H and O–H groups in total. The van der Waals surface area contributed by atoms with Crippen LogP contribution in [0.25, 0.3) is 0 Å². The summed E-state index contributed by atoms with van der Waals surface area (Å²) >= 11 is 0. The summed E-state index contributed by atoms with van der Waals surface area (Å²) in [6.07, 6.45) is 5.15. The summed E-state index contributed by atoms with van der Waals surface area (Å²) in [4.78, 5) is 16.6. The first-order chi connectivity index (χ1) is 11.6. The number of rotatable bonds is 8. The van der Waals surface area contributed by atoms with Gasteiger partial charge in [0.25, 0.3) is 5.91 Å². The quantitative estimate of drug-likeness (QED) is 0.667. The second-order valence-electron chi connectivity index (χ2n) is 6.30. The van der Waals surface area contributed by atoms with E-state index in [0.29, 0.717) is 11.5 Å². The maximum atomic E-state index is 12.3. The predicted octanol–water partition coefficient (Wildman–Crippen LogP) is 5.06. The van der Waals surface area contributed by atoms with Gasteiger partial charge < -0.3 is 10.6 Å². The minimum absolute atomic E-state index is 0.141. The van der Waals surface area contributed by atoms with E-state index in [1.807, 2.05) is 30.3 Å². The number of carbonyl (C=O) groups excluding carboxylic acids is 1. The summed E-state index contributed by atoms with van der Waals surface area (Å²) in [5.41, 5.74) is 2.61. The molecule has 0 bridgehead atoms. The molecule has 2 rings (SSSR count). The number of anilines is 2. The molecule has 1 aromatic heterocycles. The van der Waals surface area contributed by atoms with Crippen molar-refractivity contribution in [2.24, 2.45) is 0 Å². The highest BCUT2D eigenvalue weighted by molar-refractivity contribution is 6.04. The summed E-state index contributed by atoms with van der Waals surface area (Å²) in [6.45, 7) is 7.39. The number of carbonyl (C=O) groups is 1. The molecular formula is C20H27N3O. The maximum Gasteiger partial charge on any atom is 0.257 e. The zero-order valence-electron chi connectivity index (χ0n) is 14.8. The van der Waals surface area contributed by atoms with Crippen molar-refractivity contribution in [3.63, 3.8) is 0 Å². The molecular weight excluding hydrogens is 298 g/mol. The van der Waals surface area contributed by atoms with E-state index in [2.05, 4.69) is 36.4 Å². The summed E-state index contributed by atoms with van der Waals surface area (Å²) < 4.78 is 0. The van der Waals surface area contributed by atoms with Gasteiger partial charge in [-0.15, -0.1) is 0 Å². The SMILES string of the molecule is CCCCCNc1ccc(C(=O)Nc2ccc(C(C)C)cc2)cn1. The van der Waals surface area contributed by atoms with Crippen LogP contribution in [0.3, 0.4) is 0 Å². The molecule has 4 heteroatoms. The van der Waals surface area contributed by atoms with Crippen LogP contribution >= 0.6 is 0 Å². The molecule has 0 aliphatic heterocycles. The Kier molecular flexibility index (Phi) is 6.79. The van der Waals surface area contributed by atoms with E-state index in [1.54, 1.807) is 12.3 Å². The summed E-state index contributed by atoms with van der Waals surface area (Å²) in [5, 5.41) is 6.17. The van der Waals surface area contributed by atoms with Crippen molar-refractivity contribution in [3.8, 4) is 0 Å². The molecule has 24 heavy (non-hydrogen) atoms. The van der Waals surface area contributed by atoms with Gasteiger partial charge in [-0.2, -0.15) is 0 Å². The third-order valence-corrected chi connectivity index (χ3v) is 3.95. The molecule has 128 valence electrons. The van der Waals surface area contributed by atoms with Crippen molar-refractivity contribution in [2.45, 2.75) is 46.0 Å². The number of benzene rings is 1. The lowest BCUT2D eigenvalue weighted by atomic mass is 10.0. The Labute approximate surface area is 144 Å². The molecule has 0 aliphatic carbocycles. The molecule has 1 heterocycles. The second-order valence-corrected chi connectivity index (χ2v) is 6.30. The van der Waals surface area contributed by atoms with Crippen LogP contribution in [-0.4, -0.2) is 17.4 Å². The molecule has 0 saturated heterocycles. The maximum absolute atomic E-state index is 12.3. The van der Waals surface area contributed by atoms with Gasteiger partial charge in [0.2, 0.25) is 0 Å². The van der Waals surface area contributed by atoms with Gasteiger partial charge in [-0.1, -0.05) is 45.7 Å². The first kappa shape index (κ1) is 18.0. The first-order valence-electron chi connectivity index (χ1n) is 8.71. The molecule has 4 nitrogen and oxygen atoms in total. The van der Waals surface area contributed by atoms with E-state index in [-0.39, 0.29) is 5.91 Å². The Morgan fingerprint density at radius 2 is 1.83 bits per heavy atom. The number of aromatic nitrogens is 1. The van der Waals surface area contributed by atoms with Crippen molar-refractivity contribution in [3.05, 3.63) is 53.7 Å². The van der Waals surface area contributed by atoms with Crippen LogP contribution in [0.2, 0.25) is 0 Å². The normalized spacial score (nSPS) is 10.7. The van der Waals surface area contributed by atoms with Crippen LogP contribution in [0.5, 0.6) is 0 Å². The van der Waals surface area contributed by atoms with Crippen LogP contribution in [0.15, 0.2) is 42.6 Å². The van der Waals surface area contributed by atoms with Gasteiger partial charge in [-0.3, -0.25) is 4.79 Å². The number of nitrogens with one attached hydrogen (secondary N) is 2. The van der Waals surface area contributed by atoms with Gasteiger partial charge in [-0.25, -0.2) is 4.98 Å². The van der Waals surface area contributed by atoms with Crippen LogP contribution in [0.1, 0.15) is 61.9 Å². The molecule has 0 spiro atoms. The molecule has 0 unspecified atom stereocenters. The predicted molar refractivity (Wildman–Crippen MR) is 101 cm³/mol. The van der Waals surface area contributed by atoms with Gasteiger partial charge in [0, 0.05) is 18.4 Å². The number of pyridine rings is 1. The minimum Gasteiger partial charge on any atom is -0.370 e. The van der Waals surface area contributed by atoms with Crippen LogP contribution in [0, 0.1) is 0 Å². The molecule has 0 saturated carbocycles. The first-order valence-corrected chi connectivity index (χ1v) is 8.71.